The molecule has 0 aromatic heterocycles. The molecular weight excluding hydrogens is 246 g/mol. The number of carbonyl (C=O) groups is 1. The first-order valence-corrected chi connectivity index (χ1v) is 5.95. The van der Waals surface area contributed by atoms with E-state index in [0.29, 0.717) is 17.8 Å². The zero-order valence-corrected chi connectivity index (χ0v) is 11.0. The molecule has 1 atom stereocenters. The van der Waals surface area contributed by atoms with Crippen LogP contribution in [-0.2, 0) is 0 Å². The summed E-state index contributed by atoms with van der Waals surface area (Å²) in [7, 11) is 0. The fraction of sp³-hybridized carbons (Fsp3) is 0.308. The number of carbonyl (C=O) groups excluding carboxylic acids is 1. The molecule has 6 heteroatoms. The highest BCUT2D eigenvalue weighted by atomic mass is 16.6. The standard InChI is InChI=1S/C13H17N3O3/c1-4-9(3)15-11-8-10(13(17)14-5-2)6-7-12(11)16(18)19/h4,6-9,15H,1,5H2,2-3H3,(H,14,17). The summed E-state index contributed by atoms with van der Waals surface area (Å²) in [6.07, 6.45) is 1.63. The Morgan fingerprint density at radius 3 is 2.79 bits per heavy atom. The van der Waals surface area contributed by atoms with Gasteiger partial charge in [-0.3, -0.25) is 14.9 Å². The van der Waals surface area contributed by atoms with Crippen LogP contribution in [0.5, 0.6) is 0 Å². The molecule has 0 saturated heterocycles. The van der Waals surface area contributed by atoms with E-state index in [-0.39, 0.29) is 17.6 Å². The highest BCUT2D eigenvalue weighted by molar-refractivity contribution is 5.95. The fourth-order valence-corrected chi connectivity index (χ4v) is 1.52. The Morgan fingerprint density at radius 2 is 2.26 bits per heavy atom. The maximum atomic E-state index is 11.7. The van der Waals surface area contributed by atoms with Gasteiger partial charge < -0.3 is 10.6 Å². The molecule has 2 N–H and O–H groups in total. The maximum Gasteiger partial charge on any atom is 0.292 e. The fourth-order valence-electron chi connectivity index (χ4n) is 1.52. The van der Waals surface area contributed by atoms with Crippen LogP contribution in [0, 0.1) is 10.1 Å². The molecule has 102 valence electrons. The normalized spacial score (nSPS) is 11.5. The highest BCUT2D eigenvalue weighted by Gasteiger charge is 2.17. The summed E-state index contributed by atoms with van der Waals surface area (Å²) in [4.78, 5) is 22.2. The van der Waals surface area contributed by atoms with Crippen molar-refractivity contribution < 1.29 is 9.72 Å². The molecule has 1 aromatic carbocycles. The minimum atomic E-state index is -0.486. The third kappa shape index (κ3) is 3.80. The average Bonchev–Trinajstić information content (AvgIpc) is 2.38. The molecular formula is C13H17N3O3. The van der Waals surface area contributed by atoms with Crippen molar-refractivity contribution in [3.63, 3.8) is 0 Å². The summed E-state index contributed by atoms with van der Waals surface area (Å²) in [6, 6.07) is 4.10. The number of benzene rings is 1. The van der Waals surface area contributed by atoms with Gasteiger partial charge in [0.15, 0.2) is 0 Å². The van der Waals surface area contributed by atoms with Crippen LogP contribution in [0.25, 0.3) is 0 Å². The highest BCUT2D eigenvalue weighted by Crippen LogP contribution is 2.26. The summed E-state index contributed by atoms with van der Waals surface area (Å²) < 4.78 is 0. The molecule has 0 spiro atoms. The van der Waals surface area contributed by atoms with Crippen molar-refractivity contribution in [2.24, 2.45) is 0 Å². The number of hydrogen-bond acceptors (Lipinski definition) is 4. The zero-order chi connectivity index (χ0) is 14.4. The van der Waals surface area contributed by atoms with Crippen LogP contribution in [0.3, 0.4) is 0 Å². The molecule has 1 aromatic rings. The largest absolute Gasteiger partial charge is 0.374 e. The molecule has 0 aliphatic heterocycles. The third-order valence-electron chi connectivity index (χ3n) is 2.53. The van der Waals surface area contributed by atoms with Crippen molar-refractivity contribution in [1.29, 1.82) is 0 Å². The van der Waals surface area contributed by atoms with Gasteiger partial charge in [-0.25, -0.2) is 0 Å². The van der Waals surface area contributed by atoms with E-state index in [1.54, 1.807) is 6.08 Å². The molecule has 0 fully saturated rings. The van der Waals surface area contributed by atoms with Gasteiger partial charge in [0.1, 0.15) is 5.69 Å². The van der Waals surface area contributed by atoms with Crippen LogP contribution in [0.15, 0.2) is 30.9 Å². The Balaban J connectivity index is 3.14. The van der Waals surface area contributed by atoms with E-state index in [1.165, 1.54) is 18.2 Å². The molecule has 0 aliphatic carbocycles. The van der Waals surface area contributed by atoms with Crippen molar-refractivity contribution >= 4 is 17.3 Å². The molecule has 1 amide bonds. The summed E-state index contributed by atoms with van der Waals surface area (Å²) in [5, 5.41) is 16.5. The van der Waals surface area contributed by atoms with Crippen LogP contribution in [0.1, 0.15) is 24.2 Å². The molecule has 0 saturated carbocycles. The summed E-state index contributed by atoms with van der Waals surface area (Å²) >= 11 is 0. The van der Waals surface area contributed by atoms with Crippen LogP contribution in [0.2, 0.25) is 0 Å². The van der Waals surface area contributed by atoms with Crippen molar-refractivity contribution in [2.45, 2.75) is 19.9 Å². The van der Waals surface area contributed by atoms with E-state index in [2.05, 4.69) is 17.2 Å². The summed E-state index contributed by atoms with van der Waals surface area (Å²) in [5.74, 6) is -0.258. The van der Waals surface area contributed by atoms with E-state index in [0.717, 1.165) is 0 Å². The maximum absolute atomic E-state index is 11.7. The van der Waals surface area contributed by atoms with Gasteiger partial charge >= 0.3 is 0 Å². The second kappa shape index (κ2) is 6.53. The van der Waals surface area contributed by atoms with Gasteiger partial charge in [-0.2, -0.15) is 0 Å². The quantitative estimate of drug-likeness (QED) is 0.468. The number of nitrogens with one attached hydrogen (secondary N) is 2. The number of anilines is 1. The first-order valence-electron chi connectivity index (χ1n) is 5.95. The number of nitro groups is 1. The SMILES string of the molecule is C=CC(C)Nc1cc(C(=O)NCC)ccc1[N+](=O)[O-]. The third-order valence-corrected chi connectivity index (χ3v) is 2.53. The van der Waals surface area contributed by atoms with Gasteiger partial charge in [-0.15, -0.1) is 6.58 Å². The molecule has 6 nitrogen and oxygen atoms in total. The first kappa shape index (κ1) is 14.7. The van der Waals surface area contributed by atoms with Crippen molar-refractivity contribution in [3.05, 3.63) is 46.5 Å². The molecule has 0 heterocycles. The van der Waals surface area contributed by atoms with Gasteiger partial charge in [0.25, 0.3) is 11.6 Å². The number of rotatable bonds is 6. The Morgan fingerprint density at radius 1 is 1.58 bits per heavy atom. The van der Waals surface area contributed by atoms with Crippen molar-refractivity contribution in [3.8, 4) is 0 Å². The van der Waals surface area contributed by atoms with Crippen LogP contribution >= 0.6 is 0 Å². The Labute approximate surface area is 111 Å². The second-order valence-corrected chi connectivity index (χ2v) is 4.02. The molecule has 1 unspecified atom stereocenters. The second-order valence-electron chi connectivity index (χ2n) is 4.02. The number of nitrogens with zero attached hydrogens (tertiary/aromatic N) is 1. The molecule has 0 radical (unpaired) electrons. The van der Waals surface area contributed by atoms with E-state index in [9.17, 15) is 14.9 Å². The minimum Gasteiger partial charge on any atom is -0.374 e. The van der Waals surface area contributed by atoms with Crippen LogP contribution in [0.4, 0.5) is 11.4 Å². The van der Waals surface area contributed by atoms with Crippen LogP contribution in [-0.4, -0.2) is 23.4 Å². The summed E-state index contributed by atoms with van der Waals surface area (Å²) in [6.45, 7) is 7.73. The Kier molecular flexibility index (Phi) is 5.05. The first-order chi connectivity index (χ1) is 8.99. The molecule has 0 bridgehead atoms. The number of amides is 1. The van der Waals surface area contributed by atoms with Gasteiger partial charge in [0.2, 0.25) is 0 Å². The predicted molar refractivity (Wildman–Crippen MR) is 74.4 cm³/mol. The lowest BCUT2D eigenvalue weighted by Crippen LogP contribution is -2.23. The van der Waals surface area contributed by atoms with Gasteiger partial charge in [0, 0.05) is 24.2 Å². The summed E-state index contributed by atoms with van der Waals surface area (Å²) in [5.41, 5.74) is 0.620. The van der Waals surface area contributed by atoms with Gasteiger partial charge in [-0.1, -0.05) is 6.08 Å². The predicted octanol–water partition coefficient (Wildman–Crippen LogP) is 2.33. The van der Waals surface area contributed by atoms with Crippen LogP contribution < -0.4 is 10.6 Å². The smallest absolute Gasteiger partial charge is 0.292 e. The Hall–Kier alpha value is -2.37. The lowest BCUT2D eigenvalue weighted by atomic mass is 10.1. The van der Waals surface area contributed by atoms with Crippen molar-refractivity contribution in [1.82, 2.24) is 5.32 Å². The minimum absolute atomic E-state index is 0.0678. The van der Waals surface area contributed by atoms with E-state index in [4.69, 9.17) is 0 Å². The lowest BCUT2D eigenvalue weighted by molar-refractivity contribution is -0.384. The zero-order valence-electron chi connectivity index (χ0n) is 11.0. The number of hydrogen-bond donors (Lipinski definition) is 2. The Bertz CT molecular complexity index is 500. The average molecular weight is 263 g/mol. The van der Waals surface area contributed by atoms with Crippen molar-refractivity contribution in [2.75, 3.05) is 11.9 Å². The van der Waals surface area contributed by atoms with E-state index < -0.39 is 4.92 Å². The van der Waals surface area contributed by atoms with E-state index in [1.807, 2.05) is 13.8 Å². The molecule has 1 rings (SSSR count). The monoisotopic (exact) mass is 263 g/mol. The van der Waals surface area contributed by atoms with Gasteiger partial charge in [-0.05, 0) is 26.0 Å². The lowest BCUT2D eigenvalue weighted by Gasteiger charge is -2.12. The van der Waals surface area contributed by atoms with E-state index >= 15 is 0 Å². The topological polar surface area (TPSA) is 84.3 Å². The van der Waals surface area contributed by atoms with Gasteiger partial charge in [0.05, 0.1) is 4.92 Å². The number of nitro benzene ring substituents is 1. The molecule has 0 aliphatic rings. The molecule has 19 heavy (non-hydrogen) atoms.